The SMILES string of the molecule is CC(C)(C)OC(=O)NC1(c2ccc(-n3c(-c4cccnc4N)nc4ccc(Nc5ccccc5N5CCOCC5)nc43)cc2)CCC1. The van der Waals surface area contributed by atoms with Crippen molar-refractivity contribution in [2.75, 3.05) is 42.3 Å². The summed E-state index contributed by atoms with van der Waals surface area (Å²) in [5.41, 5.74) is 11.4. The van der Waals surface area contributed by atoms with Gasteiger partial charge in [-0.3, -0.25) is 4.57 Å². The van der Waals surface area contributed by atoms with Gasteiger partial charge in [0, 0.05) is 25.0 Å². The van der Waals surface area contributed by atoms with E-state index in [4.69, 9.17) is 25.2 Å². The number of carbonyl (C=O) groups is 1. The highest BCUT2D eigenvalue weighted by molar-refractivity contribution is 5.85. The number of morpholine rings is 1. The van der Waals surface area contributed by atoms with Gasteiger partial charge in [-0.1, -0.05) is 24.3 Å². The number of benzene rings is 2. The van der Waals surface area contributed by atoms with Crippen molar-refractivity contribution in [2.45, 2.75) is 51.2 Å². The lowest BCUT2D eigenvalue weighted by atomic mass is 9.72. The van der Waals surface area contributed by atoms with Gasteiger partial charge >= 0.3 is 6.09 Å². The molecule has 2 fully saturated rings. The van der Waals surface area contributed by atoms with E-state index in [9.17, 15) is 4.79 Å². The molecule has 11 nitrogen and oxygen atoms in total. The lowest BCUT2D eigenvalue weighted by Crippen LogP contribution is -2.52. The highest BCUT2D eigenvalue weighted by Gasteiger charge is 2.41. The summed E-state index contributed by atoms with van der Waals surface area (Å²) in [4.78, 5) is 29.5. The number of ether oxygens (including phenoxy) is 2. The molecule has 0 bridgehead atoms. The van der Waals surface area contributed by atoms with Gasteiger partial charge in [0.05, 0.1) is 35.7 Å². The van der Waals surface area contributed by atoms with Crippen molar-refractivity contribution in [2.24, 2.45) is 0 Å². The molecule has 4 heterocycles. The molecule has 0 unspecified atom stereocenters. The largest absolute Gasteiger partial charge is 0.444 e. The number of para-hydroxylation sites is 2. The van der Waals surface area contributed by atoms with E-state index >= 15 is 0 Å². The van der Waals surface area contributed by atoms with Crippen LogP contribution in [0.3, 0.4) is 0 Å². The molecule has 2 aliphatic rings. The number of alkyl carbamates (subject to hydrolysis) is 1. The second-order valence-electron chi connectivity index (χ2n) is 13.1. The maximum Gasteiger partial charge on any atom is 0.408 e. The Bertz CT molecular complexity index is 1900. The van der Waals surface area contributed by atoms with Crippen molar-refractivity contribution in [3.05, 3.63) is 84.6 Å². The number of nitrogens with one attached hydrogen (secondary N) is 2. The van der Waals surface area contributed by atoms with Gasteiger partial charge < -0.3 is 30.7 Å². The quantitative estimate of drug-likeness (QED) is 0.183. The molecule has 1 saturated carbocycles. The summed E-state index contributed by atoms with van der Waals surface area (Å²) >= 11 is 0. The van der Waals surface area contributed by atoms with Crippen LogP contribution in [-0.4, -0.2) is 57.5 Å². The summed E-state index contributed by atoms with van der Waals surface area (Å²) in [5, 5.41) is 6.71. The Balaban J connectivity index is 1.27. The fraction of sp³-hybridized carbons (Fsp3) is 0.333. The molecule has 0 radical (unpaired) electrons. The molecule has 47 heavy (non-hydrogen) atoms. The third kappa shape index (κ3) is 6.18. The van der Waals surface area contributed by atoms with Crippen molar-refractivity contribution in [1.82, 2.24) is 24.8 Å². The van der Waals surface area contributed by atoms with Gasteiger partial charge in [-0.25, -0.2) is 19.7 Å². The van der Waals surface area contributed by atoms with Crippen LogP contribution < -0.4 is 21.3 Å². The molecular formula is C36H40N8O3. The van der Waals surface area contributed by atoms with E-state index < -0.39 is 17.2 Å². The Hall–Kier alpha value is -5.16. The van der Waals surface area contributed by atoms with Crippen molar-refractivity contribution in [3.63, 3.8) is 0 Å². The number of rotatable bonds is 7. The van der Waals surface area contributed by atoms with Gasteiger partial charge in [0.25, 0.3) is 0 Å². The number of nitrogen functional groups attached to an aromatic ring is 1. The standard InChI is InChI=1S/C36H40N8O3/c1-35(2,3)47-34(45)42-36(17-7-18-36)24-11-13-25(14-12-24)44-32(26-8-6-19-38-31(26)37)40-28-15-16-30(41-33(28)44)39-27-9-4-5-10-29(27)43-20-22-46-23-21-43/h4-6,8-16,19H,7,17-18,20-23H2,1-3H3,(H2,37,38)(H,39,41)(H,42,45). The molecule has 242 valence electrons. The van der Waals surface area contributed by atoms with Gasteiger partial charge in [0.1, 0.15) is 22.8 Å². The fourth-order valence-corrected chi connectivity index (χ4v) is 6.30. The summed E-state index contributed by atoms with van der Waals surface area (Å²) < 4.78 is 13.2. The van der Waals surface area contributed by atoms with Crippen LogP contribution in [-0.2, 0) is 15.0 Å². The highest BCUT2D eigenvalue weighted by Crippen LogP contribution is 2.42. The fourth-order valence-electron chi connectivity index (χ4n) is 6.30. The maximum absolute atomic E-state index is 12.8. The number of fused-ring (bicyclic) bond motifs is 1. The molecule has 1 amide bonds. The highest BCUT2D eigenvalue weighted by atomic mass is 16.6. The smallest absolute Gasteiger partial charge is 0.408 e. The zero-order valence-electron chi connectivity index (χ0n) is 27.0. The van der Waals surface area contributed by atoms with E-state index in [0.717, 1.165) is 60.5 Å². The molecular weight excluding hydrogens is 592 g/mol. The minimum absolute atomic E-state index is 0.383. The Morgan fingerprint density at radius 2 is 1.72 bits per heavy atom. The number of nitrogens with two attached hydrogens (primary N) is 1. The number of anilines is 4. The molecule has 0 spiro atoms. The van der Waals surface area contributed by atoms with Crippen molar-refractivity contribution in [3.8, 4) is 17.1 Å². The number of nitrogens with zero attached hydrogens (tertiary/aromatic N) is 5. The Labute approximate surface area is 274 Å². The van der Waals surface area contributed by atoms with Gasteiger partial charge in [0.2, 0.25) is 0 Å². The van der Waals surface area contributed by atoms with Gasteiger partial charge in [-0.05, 0) is 94.1 Å². The lowest BCUT2D eigenvalue weighted by molar-refractivity contribution is 0.0377. The monoisotopic (exact) mass is 632 g/mol. The first-order chi connectivity index (χ1) is 22.7. The van der Waals surface area contributed by atoms with Crippen molar-refractivity contribution < 1.29 is 14.3 Å². The normalized spacial score (nSPS) is 16.0. The number of imidazole rings is 1. The first-order valence-corrected chi connectivity index (χ1v) is 16.1. The van der Waals surface area contributed by atoms with Crippen LogP contribution in [0.2, 0.25) is 0 Å². The summed E-state index contributed by atoms with van der Waals surface area (Å²) in [6.45, 7) is 8.68. The number of aromatic nitrogens is 4. The van der Waals surface area contributed by atoms with E-state index in [1.54, 1.807) is 6.20 Å². The number of carbonyl (C=O) groups excluding carboxylic acids is 1. The molecule has 4 N–H and O–H groups in total. The third-order valence-electron chi connectivity index (χ3n) is 8.73. The van der Waals surface area contributed by atoms with Crippen molar-refractivity contribution in [1.29, 1.82) is 0 Å². The van der Waals surface area contributed by atoms with Crippen molar-refractivity contribution >= 4 is 40.3 Å². The van der Waals surface area contributed by atoms with E-state index in [0.29, 0.717) is 41.9 Å². The molecule has 11 heteroatoms. The topological polar surface area (TPSA) is 132 Å². The van der Waals surface area contributed by atoms with E-state index in [1.165, 1.54) is 0 Å². The molecule has 0 atom stereocenters. The summed E-state index contributed by atoms with van der Waals surface area (Å²) in [7, 11) is 0. The zero-order valence-corrected chi connectivity index (χ0v) is 27.0. The molecule has 1 aliphatic carbocycles. The molecule has 2 aromatic carbocycles. The summed E-state index contributed by atoms with van der Waals surface area (Å²) in [5.74, 6) is 1.71. The first-order valence-electron chi connectivity index (χ1n) is 16.1. The molecule has 5 aromatic rings. The lowest BCUT2D eigenvalue weighted by Gasteiger charge is -2.43. The third-order valence-corrected chi connectivity index (χ3v) is 8.73. The predicted octanol–water partition coefficient (Wildman–Crippen LogP) is 6.55. The Kier molecular flexibility index (Phi) is 7.93. The van der Waals surface area contributed by atoms with E-state index in [-0.39, 0.29) is 0 Å². The number of hydrogen-bond donors (Lipinski definition) is 3. The van der Waals surface area contributed by atoms with Gasteiger partial charge in [-0.15, -0.1) is 0 Å². The average molecular weight is 633 g/mol. The minimum atomic E-state index is -0.572. The van der Waals surface area contributed by atoms with Crippen LogP contribution in [0, 0.1) is 0 Å². The van der Waals surface area contributed by atoms with Crippen LogP contribution in [0.25, 0.3) is 28.2 Å². The molecule has 3 aromatic heterocycles. The Morgan fingerprint density at radius 3 is 2.43 bits per heavy atom. The number of hydrogen-bond acceptors (Lipinski definition) is 9. The van der Waals surface area contributed by atoms with Crippen LogP contribution in [0.1, 0.15) is 45.6 Å². The molecule has 1 saturated heterocycles. The van der Waals surface area contributed by atoms with Gasteiger partial charge in [0.15, 0.2) is 11.5 Å². The summed E-state index contributed by atoms with van der Waals surface area (Å²) in [6.07, 6.45) is 3.99. The predicted molar refractivity (Wildman–Crippen MR) is 184 cm³/mol. The average Bonchev–Trinajstić information content (AvgIpc) is 3.41. The van der Waals surface area contributed by atoms with Crippen LogP contribution >= 0.6 is 0 Å². The van der Waals surface area contributed by atoms with Crippen LogP contribution in [0.15, 0.2) is 79.0 Å². The zero-order chi connectivity index (χ0) is 32.6. The summed E-state index contributed by atoms with van der Waals surface area (Å²) in [6, 6.07) is 24.1. The maximum atomic E-state index is 12.8. The Morgan fingerprint density at radius 1 is 0.957 bits per heavy atom. The van der Waals surface area contributed by atoms with Crippen LogP contribution in [0.5, 0.6) is 0 Å². The van der Waals surface area contributed by atoms with E-state index in [2.05, 4.69) is 44.8 Å². The number of amides is 1. The molecule has 1 aliphatic heterocycles. The van der Waals surface area contributed by atoms with Crippen LogP contribution in [0.4, 0.5) is 27.8 Å². The second-order valence-corrected chi connectivity index (χ2v) is 13.1. The van der Waals surface area contributed by atoms with E-state index in [1.807, 2.05) is 73.9 Å². The van der Waals surface area contributed by atoms with Gasteiger partial charge in [-0.2, -0.15) is 0 Å². The molecule has 7 rings (SSSR count). The second kappa shape index (κ2) is 12.2. The first kappa shape index (κ1) is 30.5. The minimum Gasteiger partial charge on any atom is -0.444 e. The number of pyridine rings is 2.